The second-order valence-corrected chi connectivity index (χ2v) is 5.40. The van der Waals surface area contributed by atoms with Crippen LogP contribution in [0.2, 0.25) is 0 Å². The molecule has 1 aliphatic heterocycles. The second kappa shape index (κ2) is 6.27. The lowest BCUT2D eigenvalue weighted by atomic mass is 10.1. The van der Waals surface area contributed by atoms with Gasteiger partial charge in [0.05, 0.1) is 37.7 Å². The molecule has 118 valence electrons. The largest absolute Gasteiger partial charge is 0.384 e. The van der Waals surface area contributed by atoms with Crippen LogP contribution < -0.4 is 0 Å². The summed E-state index contributed by atoms with van der Waals surface area (Å²) >= 11 is 0. The minimum atomic E-state index is -0.0613. The SMILES string of the molecule is COCCC(=O)N1Cc2ccnn2CC(c2nc(C)no2)C1. The van der Waals surface area contributed by atoms with Crippen molar-refractivity contribution in [1.82, 2.24) is 24.8 Å². The van der Waals surface area contributed by atoms with Crippen LogP contribution in [-0.2, 0) is 22.6 Å². The smallest absolute Gasteiger partial charge is 0.233 e. The van der Waals surface area contributed by atoms with Gasteiger partial charge in [-0.25, -0.2) is 0 Å². The Morgan fingerprint density at radius 2 is 2.36 bits per heavy atom. The number of aryl methyl sites for hydroxylation is 1. The van der Waals surface area contributed by atoms with Gasteiger partial charge in [-0.3, -0.25) is 9.48 Å². The number of fused-ring (bicyclic) bond motifs is 1. The first-order valence-corrected chi connectivity index (χ1v) is 7.25. The van der Waals surface area contributed by atoms with Gasteiger partial charge < -0.3 is 14.2 Å². The first-order chi connectivity index (χ1) is 10.7. The van der Waals surface area contributed by atoms with Gasteiger partial charge in [0.1, 0.15) is 0 Å². The highest BCUT2D eigenvalue weighted by Crippen LogP contribution is 2.23. The molecule has 0 fully saturated rings. The third-order valence-electron chi connectivity index (χ3n) is 3.76. The Hall–Kier alpha value is -2.22. The van der Waals surface area contributed by atoms with Gasteiger partial charge in [0.2, 0.25) is 11.8 Å². The van der Waals surface area contributed by atoms with Gasteiger partial charge in [0, 0.05) is 19.9 Å². The summed E-state index contributed by atoms with van der Waals surface area (Å²) in [6.07, 6.45) is 2.11. The highest BCUT2D eigenvalue weighted by molar-refractivity contribution is 5.76. The molecule has 0 saturated carbocycles. The van der Waals surface area contributed by atoms with Crippen molar-refractivity contribution in [3.8, 4) is 0 Å². The number of amides is 1. The van der Waals surface area contributed by atoms with Crippen LogP contribution in [0.5, 0.6) is 0 Å². The molecule has 0 spiro atoms. The average Bonchev–Trinajstić information content (AvgIpc) is 3.09. The van der Waals surface area contributed by atoms with E-state index in [4.69, 9.17) is 9.26 Å². The molecule has 1 atom stereocenters. The highest BCUT2D eigenvalue weighted by atomic mass is 16.5. The van der Waals surface area contributed by atoms with Gasteiger partial charge >= 0.3 is 0 Å². The summed E-state index contributed by atoms with van der Waals surface area (Å²) in [5.74, 6) is 1.13. The molecule has 1 unspecified atom stereocenters. The third kappa shape index (κ3) is 3.01. The van der Waals surface area contributed by atoms with Crippen LogP contribution in [-0.4, -0.2) is 51.0 Å². The number of aromatic nitrogens is 4. The number of carbonyl (C=O) groups excluding carboxylic acids is 1. The topological polar surface area (TPSA) is 86.3 Å². The molecule has 0 radical (unpaired) electrons. The lowest BCUT2D eigenvalue weighted by Crippen LogP contribution is -2.33. The van der Waals surface area contributed by atoms with Crippen LogP contribution in [0, 0.1) is 6.92 Å². The van der Waals surface area contributed by atoms with Crippen molar-refractivity contribution in [3.63, 3.8) is 0 Å². The molecular weight excluding hydrogens is 286 g/mol. The van der Waals surface area contributed by atoms with Crippen molar-refractivity contribution in [3.05, 3.63) is 29.7 Å². The molecule has 0 N–H and O–H groups in total. The zero-order chi connectivity index (χ0) is 15.5. The van der Waals surface area contributed by atoms with Crippen molar-refractivity contribution in [2.75, 3.05) is 20.3 Å². The van der Waals surface area contributed by atoms with Crippen molar-refractivity contribution in [1.29, 1.82) is 0 Å². The molecule has 8 nitrogen and oxygen atoms in total. The molecule has 0 aromatic carbocycles. The molecular formula is C14H19N5O3. The molecule has 0 bridgehead atoms. The first kappa shape index (κ1) is 14.7. The Labute approximate surface area is 128 Å². The number of rotatable bonds is 4. The molecule has 1 amide bonds. The average molecular weight is 305 g/mol. The Balaban J connectivity index is 1.84. The van der Waals surface area contributed by atoms with Crippen LogP contribution in [0.15, 0.2) is 16.8 Å². The van der Waals surface area contributed by atoms with Gasteiger partial charge in [-0.1, -0.05) is 5.16 Å². The van der Waals surface area contributed by atoms with E-state index in [0.717, 1.165) is 5.69 Å². The van der Waals surface area contributed by atoms with Crippen molar-refractivity contribution in [2.45, 2.75) is 32.4 Å². The van der Waals surface area contributed by atoms with Gasteiger partial charge in [-0.15, -0.1) is 0 Å². The van der Waals surface area contributed by atoms with E-state index in [1.165, 1.54) is 0 Å². The summed E-state index contributed by atoms with van der Waals surface area (Å²) in [5, 5.41) is 8.17. The summed E-state index contributed by atoms with van der Waals surface area (Å²) in [7, 11) is 1.59. The van der Waals surface area contributed by atoms with Crippen molar-refractivity contribution < 1.29 is 14.1 Å². The summed E-state index contributed by atoms with van der Waals surface area (Å²) in [6.45, 7) is 3.89. The van der Waals surface area contributed by atoms with Crippen molar-refractivity contribution >= 4 is 5.91 Å². The molecule has 3 heterocycles. The van der Waals surface area contributed by atoms with Crippen molar-refractivity contribution in [2.24, 2.45) is 0 Å². The summed E-state index contributed by atoms with van der Waals surface area (Å²) in [5.41, 5.74) is 1.00. The van der Waals surface area contributed by atoms with E-state index in [9.17, 15) is 4.79 Å². The first-order valence-electron chi connectivity index (χ1n) is 7.25. The van der Waals surface area contributed by atoms with Crippen LogP contribution in [0.3, 0.4) is 0 Å². The maximum atomic E-state index is 12.4. The predicted octanol–water partition coefficient (Wildman–Crippen LogP) is 0.737. The number of methoxy groups -OCH3 is 1. The predicted molar refractivity (Wildman–Crippen MR) is 75.9 cm³/mol. The van der Waals surface area contributed by atoms with E-state index >= 15 is 0 Å². The number of hydrogen-bond acceptors (Lipinski definition) is 6. The fourth-order valence-electron chi connectivity index (χ4n) is 2.62. The number of carbonyl (C=O) groups is 1. The molecule has 8 heteroatoms. The molecule has 3 rings (SSSR count). The zero-order valence-corrected chi connectivity index (χ0v) is 12.7. The number of ether oxygens (including phenoxy) is 1. The monoisotopic (exact) mass is 305 g/mol. The zero-order valence-electron chi connectivity index (χ0n) is 12.7. The van der Waals surface area contributed by atoms with Crippen LogP contribution in [0.25, 0.3) is 0 Å². The van der Waals surface area contributed by atoms with E-state index < -0.39 is 0 Å². The standard InChI is InChI=1S/C14H19N5O3/c1-10-16-14(22-17-10)11-7-18(13(20)4-6-21-2)9-12-3-5-15-19(12)8-11/h3,5,11H,4,6-9H2,1-2H3. The summed E-state index contributed by atoms with van der Waals surface area (Å²) in [6, 6.07) is 1.93. The Morgan fingerprint density at radius 1 is 1.50 bits per heavy atom. The molecule has 1 aliphatic rings. The van der Waals surface area contributed by atoms with Gasteiger partial charge in [-0.05, 0) is 13.0 Å². The third-order valence-corrected chi connectivity index (χ3v) is 3.76. The van der Waals surface area contributed by atoms with E-state index in [2.05, 4.69) is 15.2 Å². The van der Waals surface area contributed by atoms with E-state index in [1.807, 2.05) is 15.6 Å². The fourth-order valence-corrected chi connectivity index (χ4v) is 2.62. The lowest BCUT2D eigenvalue weighted by Gasteiger charge is -2.22. The van der Waals surface area contributed by atoms with Gasteiger partial charge in [0.25, 0.3) is 0 Å². The van der Waals surface area contributed by atoms with E-state index in [1.54, 1.807) is 20.2 Å². The lowest BCUT2D eigenvalue weighted by molar-refractivity contribution is -0.133. The molecule has 0 aliphatic carbocycles. The maximum Gasteiger partial charge on any atom is 0.233 e. The minimum Gasteiger partial charge on any atom is -0.384 e. The molecule has 22 heavy (non-hydrogen) atoms. The maximum absolute atomic E-state index is 12.4. The molecule has 2 aromatic rings. The Kier molecular flexibility index (Phi) is 4.19. The summed E-state index contributed by atoms with van der Waals surface area (Å²) in [4.78, 5) is 18.5. The highest BCUT2D eigenvalue weighted by Gasteiger charge is 2.29. The Morgan fingerprint density at radius 3 is 3.09 bits per heavy atom. The normalized spacial score (nSPS) is 18.1. The molecule has 2 aromatic heterocycles. The van der Waals surface area contributed by atoms with Gasteiger partial charge in [-0.2, -0.15) is 10.1 Å². The van der Waals surface area contributed by atoms with Crippen LogP contribution in [0.1, 0.15) is 29.7 Å². The minimum absolute atomic E-state index is 0.0535. The van der Waals surface area contributed by atoms with E-state index in [0.29, 0.717) is 44.4 Å². The summed E-state index contributed by atoms with van der Waals surface area (Å²) < 4.78 is 12.2. The second-order valence-electron chi connectivity index (χ2n) is 5.40. The quantitative estimate of drug-likeness (QED) is 0.828. The van der Waals surface area contributed by atoms with Gasteiger partial charge in [0.15, 0.2) is 5.82 Å². The molecule has 0 saturated heterocycles. The Bertz CT molecular complexity index is 650. The van der Waals surface area contributed by atoms with Crippen LogP contribution in [0.4, 0.5) is 0 Å². The number of hydrogen-bond donors (Lipinski definition) is 0. The number of nitrogens with zero attached hydrogens (tertiary/aromatic N) is 5. The fraction of sp³-hybridized carbons (Fsp3) is 0.571. The van der Waals surface area contributed by atoms with E-state index in [-0.39, 0.29) is 11.8 Å². The van der Waals surface area contributed by atoms with Crippen LogP contribution >= 0.6 is 0 Å².